The lowest BCUT2D eigenvalue weighted by atomic mass is 10.1. The zero-order valence-corrected chi connectivity index (χ0v) is 13.8. The largest absolute Gasteiger partial charge is 0.387 e. The van der Waals surface area contributed by atoms with Gasteiger partial charge in [0.1, 0.15) is 36.6 Å². The van der Waals surface area contributed by atoms with Crippen LogP contribution in [-0.2, 0) is 23.7 Å². The first-order valence-corrected chi connectivity index (χ1v) is 7.64. The summed E-state index contributed by atoms with van der Waals surface area (Å²) in [6.45, 7) is 1.25. The summed E-state index contributed by atoms with van der Waals surface area (Å²) in [4.78, 5) is 13.2. The molecular formula is C14H25NO9. The molecule has 0 aliphatic carbocycles. The lowest BCUT2D eigenvalue weighted by Gasteiger charge is -2.28. The third kappa shape index (κ3) is 3.86. The summed E-state index contributed by atoms with van der Waals surface area (Å²) in [6.07, 6.45) is -8.54. The molecule has 8 atom stereocenters. The molecule has 2 fully saturated rings. The zero-order chi connectivity index (χ0) is 18.0. The van der Waals surface area contributed by atoms with Crippen LogP contribution in [0.2, 0.25) is 0 Å². The van der Waals surface area contributed by atoms with Crippen molar-refractivity contribution in [3.63, 3.8) is 0 Å². The highest BCUT2D eigenvalue weighted by Crippen LogP contribution is 2.25. The van der Waals surface area contributed by atoms with E-state index in [-0.39, 0.29) is 19.0 Å². The van der Waals surface area contributed by atoms with Crippen molar-refractivity contribution in [1.82, 2.24) is 4.90 Å². The molecule has 24 heavy (non-hydrogen) atoms. The number of hydrogen-bond acceptors (Lipinski definition) is 9. The molecule has 4 N–H and O–H groups in total. The summed E-state index contributed by atoms with van der Waals surface area (Å²) in [7, 11) is 2.67. The summed E-state index contributed by atoms with van der Waals surface area (Å²) < 4.78 is 20.6. The monoisotopic (exact) mass is 351 g/mol. The lowest BCUT2D eigenvalue weighted by Crippen LogP contribution is -2.47. The van der Waals surface area contributed by atoms with E-state index in [1.165, 1.54) is 26.0 Å². The number of carbonyl (C=O) groups excluding carboxylic acids is 1. The predicted molar refractivity (Wildman–Crippen MR) is 77.6 cm³/mol. The number of amides is 1. The fourth-order valence-electron chi connectivity index (χ4n) is 2.89. The fourth-order valence-corrected chi connectivity index (χ4v) is 2.89. The number of hydrogen-bond donors (Lipinski definition) is 4. The van der Waals surface area contributed by atoms with E-state index in [9.17, 15) is 25.2 Å². The molecule has 2 heterocycles. The van der Waals surface area contributed by atoms with Gasteiger partial charge in [0.25, 0.3) is 0 Å². The second-order valence-electron chi connectivity index (χ2n) is 5.94. The number of rotatable bonds is 6. The third-order valence-corrected chi connectivity index (χ3v) is 4.35. The van der Waals surface area contributed by atoms with Crippen molar-refractivity contribution in [2.24, 2.45) is 0 Å². The highest BCUT2D eigenvalue weighted by molar-refractivity contribution is 5.73. The van der Waals surface area contributed by atoms with Gasteiger partial charge in [-0.05, 0) is 0 Å². The van der Waals surface area contributed by atoms with Crippen molar-refractivity contribution in [2.75, 3.05) is 27.3 Å². The van der Waals surface area contributed by atoms with Crippen LogP contribution in [0.4, 0.5) is 0 Å². The van der Waals surface area contributed by atoms with Crippen LogP contribution in [0.3, 0.4) is 0 Å². The molecule has 0 aromatic rings. The Bertz CT molecular complexity index is 404. The molecule has 2 rings (SSSR count). The van der Waals surface area contributed by atoms with Gasteiger partial charge in [-0.2, -0.15) is 0 Å². The van der Waals surface area contributed by atoms with E-state index in [2.05, 4.69) is 0 Å². The first kappa shape index (κ1) is 19.5. The molecule has 0 bridgehead atoms. The third-order valence-electron chi connectivity index (χ3n) is 4.35. The fraction of sp³-hybridized carbons (Fsp3) is 0.929. The minimum Gasteiger partial charge on any atom is -0.387 e. The lowest BCUT2D eigenvalue weighted by molar-refractivity contribution is -0.161. The molecular weight excluding hydrogens is 326 g/mol. The molecule has 0 saturated carbocycles. The Balaban J connectivity index is 1.99. The van der Waals surface area contributed by atoms with Gasteiger partial charge in [0.2, 0.25) is 5.91 Å². The Hall–Kier alpha value is -0.850. The molecule has 2 aliphatic heterocycles. The normalized spacial score (nSPS) is 42.5. The summed E-state index contributed by atoms with van der Waals surface area (Å²) in [5, 5.41) is 39.6. The molecule has 140 valence electrons. The van der Waals surface area contributed by atoms with Crippen LogP contribution < -0.4 is 0 Å². The minimum absolute atomic E-state index is 0.0340. The maximum atomic E-state index is 11.9. The molecule has 0 aromatic heterocycles. The summed E-state index contributed by atoms with van der Waals surface area (Å²) in [5.74, 6) is -0.340. The first-order chi connectivity index (χ1) is 11.3. The second kappa shape index (κ2) is 8.02. The molecule has 2 aliphatic rings. The van der Waals surface area contributed by atoms with Crippen molar-refractivity contribution < 1.29 is 44.2 Å². The summed E-state index contributed by atoms with van der Waals surface area (Å²) >= 11 is 0. The predicted octanol–water partition coefficient (Wildman–Crippen LogP) is -2.98. The summed E-state index contributed by atoms with van der Waals surface area (Å²) in [6, 6.07) is 0. The standard InChI is InChI=1S/C14H25NO9/c1-6(16)15(4-7-9(17)11(19)13(21-2)23-7)5-8-10(18)12(20)14(22-3)24-8/h7-14,17-20H,4-5H2,1-3H3/t7-,8-,9-,10-,11-,12-,13-,14-/m1/s1. The molecule has 0 radical (unpaired) electrons. The maximum Gasteiger partial charge on any atom is 0.219 e. The molecule has 0 unspecified atom stereocenters. The van der Waals surface area contributed by atoms with Gasteiger partial charge in [-0.25, -0.2) is 0 Å². The number of ether oxygens (including phenoxy) is 4. The van der Waals surface area contributed by atoms with Crippen LogP contribution in [-0.4, -0.2) is 108 Å². The van der Waals surface area contributed by atoms with E-state index in [4.69, 9.17) is 18.9 Å². The Kier molecular flexibility index (Phi) is 6.51. The number of methoxy groups -OCH3 is 2. The van der Waals surface area contributed by atoms with E-state index in [0.29, 0.717) is 0 Å². The zero-order valence-electron chi connectivity index (χ0n) is 13.8. The smallest absolute Gasteiger partial charge is 0.219 e. The van der Waals surface area contributed by atoms with Crippen molar-refractivity contribution in [3.8, 4) is 0 Å². The van der Waals surface area contributed by atoms with Crippen LogP contribution in [0.5, 0.6) is 0 Å². The topological polar surface area (TPSA) is 138 Å². The average Bonchev–Trinajstić information content (AvgIpc) is 2.98. The highest BCUT2D eigenvalue weighted by Gasteiger charge is 2.46. The molecule has 10 nitrogen and oxygen atoms in total. The minimum atomic E-state index is -1.22. The van der Waals surface area contributed by atoms with Crippen molar-refractivity contribution in [1.29, 1.82) is 0 Å². The molecule has 0 spiro atoms. The number of nitrogens with zero attached hydrogens (tertiary/aromatic N) is 1. The number of aliphatic hydroxyl groups is 4. The maximum absolute atomic E-state index is 11.9. The first-order valence-electron chi connectivity index (χ1n) is 7.64. The quantitative estimate of drug-likeness (QED) is 0.395. The Morgan fingerprint density at radius 1 is 0.875 bits per heavy atom. The molecule has 2 saturated heterocycles. The second-order valence-corrected chi connectivity index (χ2v) is 5.94. The van der Waals surface area contributed by atoms with Crippen molar-refractivity contribution in [3.05, 3.63) is 0 Å². The van der Waals surface area contributed by atoms with E-state index >= 15 is 0 Å². The van der Waals surface area contributed by atoms with Crippen LogP contribution >= 0.6 is 0 Å². The van der Waals surface area contributed by atoms with Crippen molar-refractivity contribution in [2.45, 2.75) is 56.1 Å². The number of carbonyl (C=O) groups is 1. The van der Waals surface area contributed by atoms with Crippen LogP contribution in [0, 0.1) is 0 Å². The average molecular weight is 351 g/mol. The van der Waals surface area contributed by atoms with Gasteiger partial charge in [-0.1, -0.05) is 0 Å². The van der Waals surface area contributed by atoms with E-state index in [1.807, 2.05) is 0 Å². The van der Waals surface area contributed by atoms with Crippen LogP contribution in [0.15, 0.2) is 0 Å². The van der Waals surface area contributed by atoms with Gasteiger partial charge >= 0.3 is 0 Å². The van der Waals surface area contributed by atoms with Gasteiger partial charge < -0.3 is 44.3 Å². The van der Waals surface area contributed by atoms with Gasteiger partial charge in [0.15, 0.2) is 12.6 Å². The SMILES string of the molecule is CO[C@@H]1O[C@H](CN(C[C@H]2O[C@@H](OC)[C@H](O)[C@@H]2O)C(C)=O)[C@@H](O)[C@H]1O. The van der Waals surface area contributed by atoms with Gasteiger partial charge in [-0.15, -0.1) is 0 Å². The summed E-state index contributed by atoms with van der Waals surface area (Å²) in [5.41, 5.74) is 0. The Morgan fingerprint density at radius 2 is 1.25 bits per heavy atom. The van der Waals surface area contributed by atoms with E-state index in [0.717, 1.165) is 0 Å². The Labute approximate surface area is 139 Å². The highest BCUT2D eigenvalue weighted by atomic mass is 16.7. The number of aliphatic hydroxyl groups excluding tert-OH is 4. The molecule has 0 aromatic carbocycles. The van der Waals surface area contributed by atoms with E-state index in [1.54, 1.807) is 0 Å². The van der Waals surface area contributed by atoms with E-state index < -0.39 is 49.2 Å². The van der Waals surface area contributed by atoms with Crippen LogP contribution in [0.25, 0.3) is 0 Å². The Morgan fingerprint density at radius 3 is 1.50 bits per heavy atom. The van der Waals surface area contributed by atoms with Crippen LogP contribution in [0.1, 0.15) is 6.92 Å². The van der Waals surface area contributed by atoms with Gasteiger partial charge in [-0.3, -0.25) is 4.79 Å². The van der Waals surface area contributed by atoms with Gasteiger partial charge in [0, 0.05) is 34.2 Å². The molecule has 10 heteroatoms. The van der Waals surface area contributed by atoms with Crippen molar-refractivity contribution >= 4 is 5.91 Å². The molecule has 1 amide bonds. The van der Waals surface area contributed by atoms with Gasteiger partial charge in [0.05, 0.1) is 0 Å².